The second kappa shape index (κ2) is 6.84. The first kappa shape index (κ1) is 15.0. The molecule has 1 saturated heterocycles. The van der Waals surface area contributed by atoms with Crippen LogP contribution in [-0.2, 0) is 6.54 Å². The first-order valence-corrected chi connectivity index (χ1v) is 8.24. The van der Waals surface area contributed by atoms with Crippen molar-refractivity contribution < 1.29 is 0 Å². The Morgan fingerprint density at radius 3 is 2.89 bits per heavy atom. The Bertz CT molecular complexity index is 365. The van der Waals surface area contributed by atoms with E-state index >= 15 is 0 Å². The SMILES string of the molecule is CCN(Cc1cccs1)C1(CN)CCCN(C)CC1. The van der Waals surface area contributed by atoms with Gasteiger partial charge in [0.15, 0.2) is 0 Å². The summed E-state index contributed by atoms with van der Waals surface area (Å²) in [5.74, 6) is 0. The molecule has 0 spiro atoms. The van der Waals surface area contributed by atoms with E-state index in [0.29, 0.717) is 0 Å². The summed E-state index contributed by atoms with van der Waals surface area (Å²) >= 11 is 1.85. The van der Waals surface area contributed by atoms with Crippen molar-refractivity contribution in [1.82, 2.24) is 9.80 Å². The third-order valence-electron chi connectivity index (χ3n) is 4.50. The first-order valence-electron chi connectivity index (χ1n) is 7.36. The number of nitrogens with zero attached hydrogens (tertiary/aromatic N) is 2. The van der Waals surface area contributed by atoms with Crippen LogP contribution < -0.4 is 5.73 Å². The molecule has 2 heterocycles. The van der Waals surface area contributed by atoms with Gasteiger partial charge in [0.2, 0.25) is 0 Å². The summed E-state index contributed by atoms with van der Waals surface area (Å²) in [4.78, 5) is 6.50. The predicted molar refractivity (Wildman–Crippen MR) is 83.5 cm³/mol. The molecule has 0 amide bonds. The lowest BCUT2D eigenvalue weighted by atomic mass is 9.88. The van der Waals surface area contributed by atoms with Crippen LogP contribution in [0.15, 0.2) is 17.5 Å². The standard InChI is InChI=1S/C15H27N3S/c1-3-18(12-14-6-4-11-19-14)15(13-16)7-5-9-17(2)10-8-15/h4,6,11H,3,5,7-10,12-13,16H2,1-2H3. The zero-order chi connectivity index (χ0) is 13.7. The highest BCUT2D eigenvalue weighted by molar-refractivity contribution is 7.09. The van der Waals surface area contributed by atoms with Gasteiger partial charge in [-0.25, -0.2) is 0 Å². The van der Waals surface area contributed by atoms with Gasteiger partial charge >= 0.3 is 0 Å². The van der Waals surface area contributed by atoms with Crippen LogP contribution in [0.1, 0.15) is 31.1 Å². The number of nitrogens with two attached hydrogens (primary N) is 1. The number of hydrogen-bond acceptors (Lipinski definition) is 4. The second-order valence-corrected chi connectivity index (χ2v) is 6.71. The summed E-state index contributed by atoms with van der Waals surface area (Å²) in [6.45, 7) is 7.55. The van der Waals surface area contributed by atoms with Gasteiger partial charge in [-0.3, -0.25) is 4.90 Å². The summed E-state index contributed by atoms with van der Waals surface area (Å²) < 4.78 is 0. The van der Waals surface area contributed by atoms with E-state index in [1.54, 1.807) is 0 Å². The number of likely N-dealkylation sites (tertiary alicyclic amines) is 1. The highest BCUT2D eigenvalue weighted by Crippen LogP contribution is 2.30. The molecule has 1 aliphatic rings. The Labute approximate surface area is 121 Å². The normalized spacial score (nSPS) is 25.7. The molecule has 0 aliphatic carbocycles. The monoisotopic (exact) mass is 281 g/mol. The molecular formula is C15H27N3S. The fraction of sp³-hybridized carbons (Fsp3) is 0.733. The minimum atomic E-state index is 0.198. The highest BCUT2D eigenvalue weighted by atomic mass is 32.1. The number of thiophene rings is 1. The molecule has 0 saturated carbocycles. The van der Waals surface area contributed by atoms with Crippen LogP contribution in [0.2, 0.25) is 0 Å². The maximum absolute atomic E-state index is 6.20. The van der Waals surface area contributed by atoms with E-state index in [-0.39, 0.29) is 5.54 Å². The summed E-state index contributed by atoms with van der Waals surface area (Å²) in [6.07, 6.45) is 3.68. The molecule has 1 aromatic rings. The average Bonchev–Trinajstić information content (AvgIpc) is 2.86. The van der Waals surface area contributed by atoms with E-state index in [2.05, 4.69) is 41.3 Å². The Morgan fingerprint density at radius 1 is 1.42 bits per heavy atom. The van der Waals surface area contributed by atoms with Gasteiger partial charge in [0.05, 0.1) is 0 Å². The maximum atomic E-state index is 6.20. The zero-order valence-corrected chi connectivity index (χ0v) is 13.1. The molecule has 0 bridgehead atoms. The third-order valence-corrected chi connectivity index (χ3v) is 5.36. The lowest BCUT2D eigenvalue weighted by Gasteiger charge is -2.42. The minimum absolute atomic E-state index is 0.198. The Hall–Kier alpha value is -0.420. The van der Waals surface area contributed by atoms with E-state index < -0.39 is 0 Å². The molecule has 2 N–H and O–H groups in total. The Kier molecular flexibility index (Phi) is 5.39. The van der Waals surface area contributed by atoms with Crippen molar-refractivity contribution in [2.24, 2.45) is 5.73 Å². The van der Waals surface area contributed by atoms with Gasteiger partial charge in [0.1, 0.15) is 0 Å². The smallest absolute Gasteiger partial charge is 0.0348 e. The highest BCUT2D eigenvalue weighted by Gasteiger charge is 2.35. The van der Waals surface area contributed by atoms with Crippen LogP contribution >= 0.6 is 11.3 Å². The molecule has 1 aromatic heterocycles. The van der Waals surface area contributed by atoms with Crippen molar-refractivity contribution in [3.8, 4) is 0 Å². The Morgan fingerprint density at radius 2 is 2.26 bits per heavy atom. The van der Waals surface area contributed by atoms with Crippen molar-refractivity contribution in [3.05, 3.63) is 22.4 Å². The van der Waals surface area contributed by atoms with Gasteiger partial charge in [0.25, 0.3) is 0 Å². The molecule has 4 heteroatoms. The van der Waals surface area contributed by atoms with Crippen LogP contribution in [0.3, 0.4) is 0 Å². The van der Waals surface area contributed by atoms with Gasteiger partial charge in [-0.15, -0.1) is 11.3 Å². The molecular weight excluding hydrogens is 254 g/mol. The van der Waals surface area contributed by atoms with Gasteiger partial charge < -0.3 is 10.6 Å². The number of hydrogen-bond donors (Lipinski definition) is 1. The van der Waals surface area contributed by atoms with E-state index in [1.807, 2.05) is 11.3 Å². The number of likely N-dealkylation sites (N-methyl/N-ethyl adjacent to an activating group) is 1. The molecule has 108 valence electrons. The van der Waals surface area contributed by atoms with Crippen LogP contribution in [0, 0.1) is 0 Å². The first-order chi connectivity index (χ1) is 9.20. The van der Waals surface area contributed by atoms with Crippen LogP contribution in [0.25, 0.3) is 0 Å². The van der Waals surface area contributed by atoms with E-state index in [4.69, 9.17) is 5.73 Å². The predicted octanol–water partition coefficient (Wildman–Crippen LogP) is 2.38. The van der Waals surface area contributed by atoms with Crippen molar-refractivity contribution in [1.29, 1.82) is 0 Å². The van der Waals surface area contributed by atoms with Gasteiger partial charge in [-0.1, -0.05) is 13.0 Å². The Balaban J connectivity index is 2.12. The summed E-state index contributed by atoms with van der Waals surface area (Å²) in [7, 11) is 2.22. The van der Waals surface area contributed by atoms with Crippen LogP contribution in [0.5, 0.6) is 0 Å². The van der Waals surface area contributed by atoms with Gasteiger partial charge in [-0.05, 0) is 57.4 Å². The molecule has 3 nitrogen and oxygen atoms in total. The summed E-state index contributed by atoms with van der Waals surface area (Å²) in [5, 5.41) is 2.17. The van der Waals surface area contributed by atoms with Crippen molar-refractivity contribution >= 4 is 11.3 Å². The van der Waals surface area contributed by atoms with Gasteiger partial charge in [0, 0.05) is 23.5 Å². The lowest BCUT2D eigenvalue weighted by molar-refractivity contribution is 0.0774. The fourth-order valence-corrected chi connectivity index (χ4v) is 3.89. The maximum Gasteiger partial charge on any atom is 0.0348 e. The molecule has 0 aromatic carbocycles. The van der Waals surface area contributed by atoms with Crippen molar-refractivity contribution in [2.75, 3.05) is 33.2 Å². The summed E-state index contributed by atoms with van der Waals surface area (Å²) in [6, 6.07) is 4.38. The topological polar surface area (TPSA) is 32.5 Å². The lowest BCUT2D eigenvalue weighted by Crippen LogP contribution is -2.53. The summed E-state index contributed by atoms with van der Waals surface area (Å²) in [5.41, 5.74) is 6.40. The molecule has 1 unspecified atom stereocenters. The minimum Gasteiger partial charge on any atom is -0.329 e. The number of rotatable bonds is 5. The molecule has 1 aliphatic heterocycles. The van der Waals surface area contributed by atoms with Crippen molar-refractivity contribution in [2.45, 2.75) is 38.3 Å². The fourth-order valence-electron chi connectivity index (χ4n) is 3.17. The van der Waals surface area contributed by atoms with Crippen LogP contribution in [0.4, 0.5) is 0 Å². The van der Waals surface area contributed by atoms with Crippen molar-refractivity contribution in [3.63, 3.8) is 0 Å². The quantitative estimate of drug-likeness (QED) is 0.899. The molecule has 2 rings (SSSR count). The molecule has 0 radical (unpaired) electrons. The van der Waals surface area contributed by atoms with E-state index in [9.17, 15) is 0 Å². The van der Waals surface area contributed by atoms with E-state index in [0.717, 1.165) is 26.2 Å². The average molecular weight is 281 g/mol. The molecule has 1 fully saturated rings. The molecule has 19 heavy (non-hydrogen) atoms. The van der Waals surface area contributed by atoms with Crippen LogP contribution in [-0.4, -0.2) is 48.6 Å². The second-order valence-electron chi connectivity index (χ2n) is 5.68. The largest absolute Gasteiger partial charge is 0.329 e. The van der Waals surface area contributed by atoms with E-state index in [1.165, 1.54) is 30.7 Å². The van der Waals surface area contributed by atoms with Gasteiger partial charge in [-0.2, -0.15) is 0 Å². The third kappa shape index (κ3) is 3.57. The molecule has 1 atom stereocenters. The zero-order valence-electron chi connectivity index (χ0n) is 12.3.